The number of ether oxygens (including phenoxy) is 1. The van der Waals surface area contributed by atoms with E-state index in [0.717, 1.165) is 19.7 Å². The van der Waals surface area contributed by atoms with E-state index in [9.17, 15) is 5.11 Å². The van der Waals surface area contributed by atoms with Crippen molar-refractivity contribution in [3.8, 4) is 0 Å². The normalized spacial score (nSPS) is 28.4. The van der Waals surface area contributed by atoms with Crippen LogP contribution in [0.1, 0.15) is 26.7 Å². The Hall–Kier alpha value is -0.120. The van der Waals surface area contributed by atoms with Gasteiger partial charge in [-0.3, -0.25) is 0 Å². The smallest absolute Gasteiger partial charge is 0.0803 e. The van der Waals surface area contributed by atoms with Crippen LogP contribution in [0, 0.1) is 5.92 Å². The summed E-state index contributed by atoms with van der Waals surface area (Å²) in [7, 11) is 0. The van der Waals surface area contributed by atoms with Crippen LogP contribution in [0.25, 0.3) is 0 Å². The maximum Gasteiger partial charge on any atom is 0.0803 e. The Labute approximate surface area is 80.5 Å². The van der Waals surface area contributed by atoms with E-state index in [1.165, 1.54) is 12.8 Å². The molecule has 3 atom stereocenters. The molecule has 78 valence electrons. The molecule has 3 heteroatoms. The molecule has 1 aliphatic rings. The summed E-state index contributed by atoms with van der Waals surface area (Å²) in [5, 5.41) is 12.6. The van der Waals surface area contributed by atoms with Crippen LogP contribution in [-0.4, -0.2) is 37.0 Å². The molecule has 13 heavy (non-hydrogen) atoms. The Morgan fingerprint density at radius 1 is 1.54 bits per heavy atom. The van der Waals surface area contributed by atoms with E-state index < -0.39 is 0 Å². The van der Waals surface area contributed by atoms with Crippen LogP contribution in [0.5, 0.6) is 0 Å². The molecule has 0 radical (unpaired) electrons. The van der Waals surface area contributed by atoms with Gasteiger partial charge in [0.25, 0.3) is 0 Å². The van der Waals surface area contributed by atoms with Crippen molar-refractivity contribution < 1.29 is 9.84 Å². The third-order valence-electron chi connectivity index (χ3n) is 2.67. The number of aliphatic hydroxyl groups excluding tert-OH is 1. The second kappa shape index (κ2) is 5.58. The van der Waals surface area contributed by atoms with Crippen LogP contribution in [0.4, 0.5) is 0 Å². The van der Waals surface area contributed by atoms with E-state index >= 15 is 0 Å². The van der Waals surface area contributed by atoms with Gasteiger partial charge in [0.2, 0.25) is 0 Å². The lowest BCUT2D eigenvalue weighted by molar-refractivity contribution is -0.0341. The SMILES string of the molecule is CC(O)C(C)OCC1CCCNC1. The number of aliphatic hydroxyl groups is 1. The van der Waals surface area contributed by atoms with Gasteiger partial charge in [0.1, 0.15) is 0 Å². The van der Waals surface area contributed by atoms with Crippen LogP contribution >= 0.6 is 0 Å². The molecule has 0 aliphatic carbocycles. The van der Waals surface area contributed by atoms with Gasteiger partial charge in [0, 0.05) is 6.54 Å². The summed E-state index contributed by atoms with van der Waals surface area (Å²) in [5.74, 6) is 0.634. The molecule has 0 bridgehead atoms. The van der Waals surface area contributed by atoms with Crippen molar-refractivity contribution in [3.63, 3.8) is 0 Å². The fourth-order valence-corrected chi connectivity index (χ4v) is 1.49. The molecule has 0 amide bonds. The first-order chi connectivity index (χ1) is 6.20. The van der Waals surface area contributed by atoms with E-state index in [1.54, 1.807) is 6.92 Å². The summed E-state index contributed by atoms with van der Waals surface area (Å²) in [5.41, 5.74) is 0. The minimum atomic E-state index is -0.364. The lowest BCUT2D eigenvalue weighted by Crippen LogP contribution is -2.34. The van der Waals surface area contributed by atoms with Crippen molar-refractivity contribution in [2.45, 2.75) is 38.9 Å². The summed E-state index contributed by atoms with van der Waals surface area (Å²) in [6.07, 6.45) is 2.09. The molecule has 0 saturated carbocycles. The summed E-state index contributed by atoms with van der Waals surface area (Å²) >= 11 is 0. The molecule has 3 unspecified atom stereocenters. The Morgan fingerprint density at radius 3 is 2.85 bits per heavy atom. The predicted molar refractivity (Wildman–Crippen MR) is 52.7 cm³/mol. The highest BCUT2D eigenvalue weighted by Crippen LogP contribution is 2.11. The van der Waals surface area contributed by atoms with E-state index in [0.29, 0.717) is 5.92 Å². The molecule has 1 rings (SSSR count). The summed E-state index contributed by atoms with van der Waals surface area (Å²) < 4.78 is 5.55. The summed E-state index contributed by atoms with van der Waals surface area (Å²) in [4.78, 5) is 0. The van der Waals surface area contributed by atoms with Gasteiger partial charge in [0.05, 0.1) is 18.8 Å². The first-order valence-corrected chi connectivity index (χ1v) is 5.20. The number of nitrogens with one attached hydrogen (secondary N) is 1. The highest BCUT2D eigenvalue weighted by atomic mass is 16.5. The second-order valence-electron chi connectivity index (χ2n) is 3.99. The highest BCUT2D eigenvalue weighted by Gasteiger charge is 2.16. The third kappa shape index (κ3) is 4.07. The Morgan fingerprint density at radius 2 is 2.31 bits per heavy atom. The second-order valence-corrected chi connectivity index (χ2v) is 3.99. The van der Waals surface area contributed by atoms with E-state index in [4.69, 9.17) is 4.74 Å². The van der Waals surface area contributed by atoms with Gasteiger partial charge in [-0.1, -0.05) is 0 Å². The van der Waals surface area contributed by atoms with Gasteiger partial charge in [-0.15, -0.1) is 0 Å². The molecule has 1 saturated heterocycles. The Balaban J connectivity index is 2.10. The molecule has 3 nitrogen and oxygen atoms in total. The van der Waals surface area contributed by atoms with Crippen LogP contribution in [0.3, 0.4) is 0 Å². The van der Waals surface area contributed by atoms with Gasteiger partial charge >= 0.3 is 0 Å². The van der Waals surface area contributed by atoms with E-state index in [-0.39, 0.29) is 12.2 Å². The van der Waals surface area contributed by atoms with Crippen molar-refractivity contribution in [1.82, 2.24) is 5.32 Å². The van der Waals surface area contributed by atoms with Crippen LogP contribution in [-0.2, 0) is 4.74 Å². The van der Waals surface area contributed by atoms with E-state index in [1.807, 2.05) is 6.92 Å². The predicted octanol–water partition coefficient (Wildman–Crippen LogP) is 0.772. The van der Waals surface area contributed by atoms with Crippen molar-refractivity contribution in [3.05, 3.63) is 0 Å². The summed E-state index contributed by atoms with van der Waals surface area (Å²) in [6, 6.07) is 0. The van der Waals surface area contributed by atoms with Gasteiger partial charge in [-0.05, 0) is 39.2 Å². The molecule has 0 aromatic heterocycles. The van der Waals surface area contributed by atoms with Crippen molar-refractivity contribution >= 4 is 0 Å². The fraction of sp³-hybridized carbons (Fsp3) is 1.00. The van der Waals surface area contributed by atoms with Crippen LogP contribution in [0.2, 0.25) is 0 Å². The third-order valence-corrected chi connectivity index (χ3v) is 2.67. The lowest BCUT2D eigenvalue weighted by Gasteiger charge is -2.25. The molecule has 0 aromatic carbocycles. The fourth-order valence-electron chi connectivity index (χ4n) is 1.49. The number of hydrogen-bond donors (Lipinski definition) is 2. The topological polar surface area (TPSA) is 41.5 Å². The largest absolute Gasteiger partial charge is 0.391 e. The van der Waals surface area contributed by atoms with Gasteiger partial charge in [-0.2, -0.15) is 0 Å². The van der Waals surface area contributed by atoms with Crippen molar-refractivity contribution in [1.29, 1.82) is 0 Å². The molecule has 0 spiro atoms. The minimum absolute atomic E-state index is 0.0399. The van der Waals surface area contributed by atoms with Crippen LogP contribution < -0.4 is 5.32 Å². The molecule has 0 aromatic rings. The monoisotopic (exact) mass is 187 g/mol. The quantitative estimate of drug-likeness (QED) is 0.683. The Bertz CT molecular complexity index is 133. The molecule has 1 aliphatic heterocycles. The van der Waals surface area contributed by atoms with Gasteiger partial charge in [0.15, 0.2) is 0 Å². The maximum atomic E-state index is 9.21. The average molecular weight is 187 g/mol. The molecule has 1 heterocycles. The summed E-state index contributed by atoms with van der Waals surface area (Å²) in [6.45, 7) is 6.67. The Kier molecular flexibility index (Phi) is 4.70. The highest BCUT2D eigenvalue weighted by molar-refractivity contribution is 4.69. The minimum Gasteiger partial charge on any atom is -0.391 e. The zero-order valence-corrected chi connectivity index (χ0v) is 8.62. The molecule has 1 fully saturated rings. The van der Waals surface area contributed by atoms with E-state index in [2.05, 4.69) is 5.32 Å². The lowest BCUT2D eigenvalue weighted by atomic mass is 10.0. The molecular weight excluding hydrogens is 166 g/mol. The van der Waals surface area contributed by atoms with Crippen molar-refractivity contribution in [2.75, 3.05) is 19.7 Å². The van der Waals surface area contributed by atoms with Gasteiger partial charge < -0.3 is 15.2 Å². The first kappa shape index (κ1) is 11.0. The average Bonchev–Trinajstić information content (AvgIpc) is 2.15. The first-order valence-electron chi connectivity index (χ1n) is 5.20. The number of piperidine rings is 1. The zero-order chi connectivity index (χ0) is 9.68. The zero-order valence-electron chi connectivity index (χ0n) is 8.62. The number of hydrogen-bond acceptors (Lipinski definition) is 3. The van der Waals surface area contributed by atoms with Gasteiger partial charge in [-0.25, -0.2) is 0 Å². The molecular formula is C10H21NO2. The standard InChI is InChI=1S/C10H21NO2/c1-8(12)9(2)13-7-10-4-3-5-11-6-10/h8-12H,3-7H2,1-2H3. The van der Waals surface area contributed by atoms with Crippen molar-refractivity contribution in [2.24, 2.45) is 5.92 Å². The van der Waals surface area contributed by atoms with Crippen LogP contribution in [0.15, 0.2) is 0 Å². The maximum absolute atomic E-state index is 9.21. The molecule has 2 N–H and O–H groups in total. The number of rotatable bonds is 4.